The van der Waals surface area contributed by atoms with Gasteiger partial charge in [0, 0.05) is 11.1 Å². The molecule has 0 bridgehead atoms. The quantitative estimate of drug-likeness (QED) is 0.685. The predicted octanol–water partition coefficient (Wildman–Crippen LogP) is 3.74. The zero-order valence-corrected chi connectivity index (χ0v) is 10.7. The fourth-order valence-electron chi connectivity index (χ4n) is 1.57. The van der Waals surface area contributed by atoms with E-state index in [1.807, 2.05) is 0 Å². The number of benzene rings is 2. The van der Waals surface area contributed by atoms with Crippen molar-refractivity contribution in [2.45, 2.75) is 0 Å². The second-order valence-corrected chi connectivity index (χ2v) is 4.21. The molecule has 1 N–H and O–H groups in total. The van der Waals surface area contributed by atoms with Crippen molar-refractivity contribution in [3.8, 4) is 11.5 Å². The molecule has 2 rings (SSSR count). The van der Waals surface area contributed by atoms with Crippen LogP contribution in [0.5, 0.6) is 11.5 Å². The number of nitro benzene ring substituents is 1. The molecular formula is C13H8ClNO5. The molecular weight excluding hydrogens is 286 g/mol. The lowest BCUT2D eigenvalue weighted by Crippen LogP contribution is -2.01. The highest BCUT2D eigenvalue weighted by Gasteiger charge is 2.18. The standard InChI is InChI=1S/C13H8ClNO5/c14-8-5-6-11(9(7-8)13(16)17)20-12-4-2-1-3-10(12)15(18)19/h1-7H,(H,16,17). The van der Waals surface area contributed by atoms with E-state index in [0.717, 1.165) is 0 Å². The largest absolute Gasteiger partial charge is 0.478 e. The molecule has 0 radical (unpaired) electrons. The monoisotopic (exact) mass is 293 g/mol. The topological polar surface area (TPSA) is 89.7 Å². The van der Waals surface area contributed by atoms with Gasteiger partial charge in [0.05, 0.1) is 4.92 Å². The average Bonchev–Trinajstić information content (AvgIpc) is 2.41. The van der Waals surface area contributed by atoms with E-state index in [9.17, 15) is 14.9 Å². The molecule has 0 fully saturated rings. The van der Waals surface area contributed by atoms with Crippen LogP contribution in [0, 0.1) is 10.1 Å². The Labute approximate surface area is 118 Å². The molecule has 102 valence electrons. The molecule has 6 nitrogen and oxygen atoms in total. The second-order valence-electron chi connectivity index (χ2n) is 3.77. The van der Waals surface area contributed by atoms with Gasteiger partial charge in [-0.2, -0.15) is 0 Å². The Morgan fingerprint density at radius 2 is 1.90 bits per heavy atom. The highest BCUT2D eigenvalue weighted by atomic mass is 35.5. The third kappa shape index (κ3) is 2.86. The Morgan fingerprint density at radius 3 is 2.55 bits per heavy atom. The van der Waals surface area contributed by atoms with Crippen LogP contribution in [0.3, 0.4) is 0 Å². The maximum absolute atomic E-state index is 11.1. The summed E-state index contributed by atoms with van der Waals surface area (Å²) in [5, 5.41) is 20.2. The molecule has 0 amide bonds. The second kappa shape index (κ2) is 5.58. The predicted molar refractivity (Wildman–Crippen MR) is 71.6 cm³/mol. The Morgan fingerprint density at radius 1 is 1.20 bits per heavy atom. The molecule has 0 spiro atoms. The smallest absolute Gasteiger partial charge is 0.339 e. The Hall–Kier alpha value is -2.60. The summed E-state index contributed by atoms with van der Waals surface area (Å²) in [5.41, 5.74) is -0.422. The number of nitro groups is 1. The van der Waals surface area contributed by atoms with Crippen molar-refractivity contribution in [1.82, 2.24) is 0 Å². The van der Waals surface area contributed by atoms with Crippen LogP contribution in [0.1, 0.15) is 10.4 Å². The van der Waals surface area contributed by atoms with Crippen LogP contribution in [0.4, 0.5) is 5.69 Å². The number of carbonyl (C=O) groups is 1. The molecule has 0 unspecified atom stereocenters. The summed E-state index contributed by atoms with van der Waals surface area (Å²) in [7, 11) is 0. The molecule has 0 saturated carbocycles. The summed E-state index contributed by atoms with van der Waals surface area (Å²) in [5.74, 6) is -1.29. The zero-order chi connectivity index (χ0) is 14.7. The zero-order valence-electron chi connectivity index (χ0n) is 9.95. The van der Waals surface area contributed by atoms with Crippen molar-refractivity contribution in [1.29, 1.82) is 0 Å². The molecule has 7 heteroatoms. The van der Waals surface area contributed by atoms with E-state index < -0.39 is 10.9 Å². The van der Waals surface area contributed by atoms with Gasteiger partial charge in [-0.05, 0) is 24.3 Å². The normalized spacial score (nSPS) is 10.1. The van der Waals surface area contributed by atoms with Gasteiger partial charge in [-0.15, -0.1) is 0 Å². The van der Waals surface area contributed by atoms with Gasteiger partial charge in [0.2, 0.25) is 5.75 Å². The molecule has 0 heterocycles. The molecule has 0 atom stereocenters. The first-order valence-corrected chi connectivity index (χ1v) is 5.81. The van der Waals surface area contributed by atoms with Crippen molar-refractivity contribution < 1.29 is 19.6 Å². The van der Waals surface area contributed by atoms with Crippen LogP contribution < -0.4 is 4.74 Å². The number of hydrogen-bond acceptors (Lipinski definition) is 4. The van der Waals surface area contributed by atoms with Gasteiger partial charge in [-0.25, -0.2) is 4.79 Å². The van der Waals surface area contributed by atoms with E-state index in [1.165, 1.54) is 36.4 Å². The summed E-state index contributed by atoms with van der Waals surface area (Å²) in [6.45, 7) is 0. The summed E-state index contributed by atoms with van der Waals surface area (Å²) in [6, 6.07) is 9.71. The number of hydrogen-bond donors (Lipinski definition) is 1. The Balaban J connectivity index is 2.45. The molecule has 2 aromatic carbocycles. The molecule has 0 aromatic heterocycles. The van der Waals surface area contributed by atoms with Crippen LogP contribution in [-0.4, -0.2) is 16.0 Å². The van der Waals surface area contributed by atoms with E-state index in [-0.39, 0.29) is 27.8 Å². The van der Waals surface area contributed by atoms with E-state index in [0.29, 0.717) is 0 Å². The van der Waals surface area contributed by atoms with E-state index in [1.54, 1.807) is 6.07 Å². The van der Waals surface area contributed by atoms with E-state index >= 15 is 0 Å². The van der Waals surface area contributed by atoms with Crippen molar-refractivity contribution in [2.75, 3.05) is 0 Å². The van der Waals surface area contributed by atoms with Crippen LogP contribution >= 0.6 is 11.6 Å². The lowest BCUT2D eigenvalue weighted by atomic mass is 10.2. The fraction of sp³-hybridized carbons (Fsp3) is 0. The maximum atomic E-state index is 11.1. The lowest BCUT2D eigenvalue weighted by Gasteiger charge is -2.09. The molecule has 0 aliphatic carbocycles. The van der Waals surface area contributed by atoms with Gasteiger partial charge >= 0.3 is 11.7 Å². The minimum atomic E-state index is -1.24. The third-order valence-electron chi connectivity index (χ3n) is 2.45. The number of ether oxygens (including phenoxy) is 1. The number of carboxylic acids is 1. The Bertz CT molecular complexity index is 686. The van der Waals surface area contributed by atoms with Gasteiger partial charge in [0.15, 0.2) is 0 Å². The number of para-hydroxylation sites is 2. The average molecular weight is 294 g/mol. The first-order valence-electron chi connectivity index (χ1n) is 5.43. The highest BCUT2D eigenvalue weighted by molar-refractivity contribution is 6.31. The van der Waals surface area contributed by atoms with Crippen molar-refractivity contribution in [2.24, 2.45) is 0 Å². The van der Waals surface area contributed by atoms with Crippen LogP contribution in [-0.2, 0) is 0 Å². The van der Waals surface area contributed by atoms with Crippen molar-refractivity contribution >= 4 is 23.3 Å². The summed E-state index contributed by atoms with van der Waals surface area (Å²) in [6.07, 6.45) is 0. The van der Waals surface area contributed by atoms with Crippen LogP contribution in [0.25, 0.3) is 0 Å². The molecule has 0 saturated heterocycles. The molecule has 0 aliphatic rings. The van der Waals surface area contributed by atoms with Gasteiger partial charge in [-0.1, -0.05) is 23.7 Å². The van der Waals surface area contributed by atoms with Crippen molar-refractivity contribution in [3.05, 3.63) is 63.2 Å². The number of halogens is 1. The summed E-state index contributed by atoms with van der Waals surface area (Å²) >= 11 is 5.72. The molecule has 0 aliphatic heterocycles. The van der Waals surface area contributed by atoms with Gasteiger partial charge < -0.3 is 9.84 Å². The third-order valence-corrected chi connectivity index (χ3v) is 2.69. The lowest BCUT2D eigenvalue weighted by molar-refractivity contribution is -0.385. The van der Waals surface area contributed by atoms with Gasteiger partial charge in [-0.3, -0.25) is 10.1 Å². The number of carboxylic acid groups (broad SMARTS) is 1. The first-order chi connectivity index (χ1) is 9.49. The fourth-order valence-corrected chi connectivity index (χ4v) is 1.74. The Kier molecular flexibility index (Phi) is 3.86. The highest BCUT2D eigenvalue weighted by Crippen LogP contribution is 2.33. The summed E-state index contributed by atoms with van der Waals surface area (Å²) in [4.78, 5) is 21.4. The van der Waals surface area contributed by atoms with Gasteiger partial charge in [0.1, 0.15) is 11.3 Å². The minimum absolute atomic E-state index is 0.0174. The number of aromatic carboxylic acids is 1. The van der Waals surface area contributed by atoms with Crippen LogP contribution in [0.15, 0.2) is 42.5 Å². The molecule has 20 heavy (non-hydrogen) atoms. The maximum Gasteiger partial charge on any atom is 0.339 e. The number of nitrogens with zero attached hydrogens (tertiary/aromatic N) is 1. The van der Waals surface area contributed by atoms with E-state index in [4.69, 9.17) is 21.4 Å². The minimum Gasteiger partial charge on any atom is -0.478 e. The van der Waals surface area contributed by atoms with E-state index in [2.05, 4.69) is 0 Å². The van der Waals surface area contributed by atoms with Gasteiger partial charge in [0.25, 0.3) is 0 Å². The SMILES string of the molecule is O=C(O)c1cc(Cl)ccc1Oc1ccccc1[N+](=O)[O-]. The van der Waals surface area contributed by atoms with Crippen LogP contribution in [0.2, 0.25) is 5.02 Å². The summed E-state index contributed by atoms with van der Waals surface area (Å²) < 4.78 is 5.34. The first kappa shape index (κ1) is 13.8. The van der Waals surface area contributed by atoms with Crippen molar-refractivity contribution in [3.63, 3.8) is 0 Å². The number of rotatable bonds is 4. The molecule has 2 aromatic rings.